The van der Waals surface area contributed by atoms with Crippen LogP contribution in [0, 0.1) is 0 Å². The fraction of sp³-hybridized carbons (Fsp3) is 0.263. The minimum Gasteiger partial charge on any atom is -0.495 e. The van der Waals surface area contributed by atoms with Crippen LogP contribution in [-0.4, -0.2) is 25.5 Å². The van der Waals surface area contributed by atoms with Gasteiger partial charge >= 0.3 is 0 Å². The van der Waals surface area contributed by atoms with Crippen molar-refractivity contribution in [1.29, 1.82) is 0 Å². The van der Waals surface area contributed by atoms with Crippen LogP contribution in [0.1, 0.15) is 35.7 Å². The Morgan fingerprint density at radius 1 is 1.08 bits per heavy atom. The molecule has 0 spiro atoms. The SMILES string of the molecule is COc1cc(C(C)C)ccc1NC(=O)CNC(=O)c1ccccc1. The maximum Gasteiger partial charge on any atom is 0.251 e. The lowest BCUT2D eigenvalue weighted by molar-refractivity contribution is -0.115. The van der Waals surface area contributed by atoms with Crippen LogP contribution in [-0.2, 0) is 4.79 Å². The van der Waals surface area contributed by atoms with Gasteiger partial charge in [-0.3, -0.25) is 9.59 Å². The van der Waals surface area contributed by atoms with E-state index >= 15 is 0 Å². The predicted octanol–water partition coefficient (Wildman–Crippen LogP) is 3.19. The molecule has 2 amide bonds. The van der Waals surface area contributed by atoms with E-state index in [2.05, 4.69) is 24.5 Å². The average molecular weight is 326 g/mol. The second-order valence-corrected chi connectivity index (χ2v) is 5.71. The highest BCUT2D eigenvalue weighted by Crippen LogP contribution is 2.28. The third kappa shape index (κ3) is 4.59. The van der Waals surface area contributed by atoms with Gasteiger partial charge in [-0.1, -0.05) is 38.1 Å². The maximum atomic E-state index is 12.1. The fourth-order valence-corrected chi connectivity index (χ4v) is 2.22. The second kappa shape index (κ2) is 8.15. The zero-order valence-corrected chi connectivity index (χ0v) is 14.1. The van der Waals surface area contributed by atoms with Gasteiger partial charge < -0.3 is 15.4 Å². The first-order valence-corrected chi connectivity index (χ1v) is 7.82. The lowest BCUT2D eigenvalue weighted by Gasteiger charge is -2.13. The Labute approximate surface area is 142 Å². The van der Waals surface area contributed by atoms with E-state index in [4.69, 9.17) is 4.74 Å². The average Bonchev–Trinajstić information content (AvgIpc) is 2.60. The van der Waals surface area contributed by atoms with Gasteiger partial charge in [0, 0.05) is 5.56 Å². The Hall–Kier alpha value is -2.82. The standard InChI is InChI=1S/C19H22N2O3/c1-13(2)15-9-10-16(17(11-15)24-3)21-18(22)12-20-19(23)14-7-5-4-6-8-14/h4-11,13H,12H2,1-3H3,(H,20,23)(H,21,22). The molecule has 0 saturated heterocycles. The smallest absolute Gasteiger partial charge is 0.251 e. The van der Waals surface area contributed by atoms with E-state index in [-0.39, 0.29) is 18.4 Å². The number of carbonyl (C=O) groups excluding carboxylic acids is 2. The van der Waals surface area contributed by atoms with E-state index in [1.807, 2.05) is 24.3 Å². The molecule has 0 radical (unpaired) electrons. The summed E-state index contributed by atoms with van der Waals surface area (Å²) in [6.07, 6.45) is 0. The molecule has 126 valence electrons. The van der Waals surface area contributed by atoms with Gasteiger partial charge in [0.1, 0.15) is 5.75 Å². The van der Waals surface area contributed by atoms with Crippen molar-refractivity contribution in [2.24, 2.45) is 0 Å². The lowest BCUT2D eigenvalue weighted by atomic mass is 10.0. The van der Waals surface area contributed by atoms with E-state index in [1.165, 1.54) is 0 Å². The summed E-state index contributed by atoms with van der Waals surface area (Å²) < 4.78 is 5.33. The van der Waals surface area contributed by atoms with Crippen molar-refractivity contribution < 1.29 is 14.3 Å². The van der Waals surface area contributed by atoms with Crippen molar-refractivity contribution in [3.63, 3.8) is 0 Å². The number of amides is 2. The number of rotatable bonds is 6. The quantitative estimate of drug-likeness (QED) is 0.857. The van der Waals surface area contributed by atoms with Crippen LogP contribution in [0.4, 0.5) is 5.69 Å². The van der Waals surface area contributed by atoms with Crippen LogP contribution in [0.5, 0.6) is 5.75 Å². The third-order valence-corrected chi connectivity index (χ3v) is 3.61. The summed E-state index contributed by atoms with van der Waals surface area (Å²) in [6, 6.07) is 14.4. The van der Waals surface area contributed by atoms with E-state index in [0.29, 0.717) is 22.9 Å². The van der Waals surface area contributed by atoms with Gasteiger partial charge in [-0.05, 0) is 35.7 Å². The molecular formula is C19H22N2O3. The van der Waals surface area contributed by atoms with Crippen molar-refractivity contribution in [2.45, 2.75) is 19.8 Å². The fourth-order valence-electron chi connectivity index (χ4n) is 2.22. The van der Waals surface area contributed by atoms with Gasteiger partial charge in [0.05, 0.1) is 19.3 Å². The summed E-state index contributed by atoms with van der Waals surface area (Å²) in [7, 11) is 1.56. The first-order valence-electron chi connectivity index (χ1n) is 7.82. The number of ether oxygens (including phenoxy) is 1. The Bertz CT molecular complexity index is 712. The first kappa shape index (κ1) is 17.5. The molecule has 24 heavy (non-hydrogen) atoms. The van der Waals surface area contributed by atoms with Crippen LogP contribution in [0.3, 0.4) is 0 Å². The molecule has 0 unspecified atom stereocenters. The number of hydrogen-bond donors (Lipinski definition) is 2. The molecule has 2 aromatic carbocycles. The minimum atomic E-state index is -0.310. The molecule has 2 rings (SSSR count). The summed E-state index contributed by atoms with van der Waals surface area (Å²) in [5.74, 6) is 0.375. The predicted molar refractivity (Wildman–Crippen MR) is 94.5 cm³/mol. The third-order valence-electron chi connectivity index (χ3n) is 3.61. The highest BCUT2D eigenvalue weighted by atomic mass is 16.5. The van der Waals surface area contributed by atoms with Crippen molar-refractivity contribution in [3.05, 3.63) is 59.7 Å². The highest BCUT2D eigenvalue weighted by molar-refractivity contribution is 5.99. The van der Waals surface area contributed by atoms with Gasteiger partial charge in [0.15, 0.2) is 0 Å². The summed E-state index contributed by atoms with van der Waals surface area (Å²) in [5.41, 5.74) is 2.23. The van der Waals surface area contributed by atoms with E-state index < -0.39 is 0 Å². The number of carbonyl (C=O) groups is 2. The molecule has 5 heteroatoms. The molecule has 0 bridgehead atoms. The van der Waals surface area contributed by atoms with Gasteiger partial charge in [-0.15, -0.1) is 0 Å². The van der Waals surface area contributed by atoms with Gasteiger partial charge in [-0.2, -0.15) is 0 Å². The van der Waals surface area contributed by atoms with Crippen molar-refractivity contribution >= 4 is 17.5 Å². The molecule has 0 aliphatic rings. The molecule has 2 aromatic rings. The van der Waals surface area contributed by atoms with Gasteiger partial charge in [0.25, 0.3) is 5.91 Å². The Kier molecular flexibility index (Phi) is 5.95. The molecule has 0 aliphatic carbocycles. The second-order valence-electron chi connectivity index (χ2n) is 5.71. The van der Waals surface area contributed by atoms with Crippen LogP contribution in [0.25, 0.3) is 0 Å². The topological polar surface area (TPSA) is 67.4 Å². The normalized spacial score (nSPS) is 10.3. The number of anilines is 1. The zero-order chi connectivity index (χ0) is 17.5. The molecule has 0 atom stereocenters. The summed E-state index contributed by atoms with van der Waals surface area (Å²) in [6.45, 7) is 4.07. The number of methoxy groups -OCH3 is 1. The highest BCUT2D eigenvalue weighted by Gasteiger charge is 2.11. The Morgan fingerprint density at radius 3 is 2.42 bits per heavy atom. The molecule has 0 saturated carbocycles. The molecular weight excluding hydrogens is 304 g/mol. The minimum absolute atomic E-state index is 0.108. The maximum absolute atomic E-state index is 12.1. The molecule has 2 N–H and O–H groups in total. The summed E-state index contributed by atoms with van der Waals surface area (Å²) in [5, 5.41) is 5.35. The van der Waals surface area contributed by atoms with E-state index in [1.54, 1.807) is 31.4 Å². The van der Waals surface area contributed by atoms with Crippen molar-refractivity contribution in [1.82, 2.24) is 5.32 Å². The van der Waals surface area contributed by atoms with Crippen LogP contribution in [0.15, 0.2) is 48.5 Å². The molecule has 0 fully saturated rings. The summed E-state index contributed by atoms with van der Waals surface area (Å²) in [4.78, 5) is 24.0. The van der Waals surface area contributed by atoms with E-state index in [9.17, 15) is 9.59 Å². The molecule has 0 aromatic heterocycles. The number of benzene rings is 2. The zero-order valence-electron chi connectivity index (χ0n) is 14.1. The van der Waals surface area contributed by atoms with E-state index in [0.717, 1.165) is 5.56 Å². The van der Waals surface area contributed by atoms with Crippen LogP contribution >= 0.6 is 0 Å². The molecule has 5 nitrogen and oxygen atoms in total. The van der Waals surface area contributed by atoms with Crippen molar-refractivity contribution in [3.8, 4) is 5.75 Å². The largest absolute Gasteiger partial charge is 0.495 e. The molecule has 0 aliphatic heterocycles. The Balaban J connectivity index is 1.96. The number of nitrogens with one attached hydrogen (secondary N) is 2. The number of hydrogen-bond acceptors (Lipinski definition) is 3. The first-order chi connectivity index (χ1) is 11.5. The van der Waals surface area contributed by atoms with Crippen LogP contribution in [0.2, 0.25) is 0 Å². The molecule has 0 heterocycles. The Morgan fingerprint density at radius 2 is 1.79 bits per heavy atom. The van der Waals surface area contributed by atoms with Gasteiger partial charge in [0.2, 0.25) is 5.91 Å². The summed E-state index contributed by atoms with van der Waals surface area (Å²) >= 11 is 0. The van der Waals surface area contributed by atoms with Crippen molar-refractivity contribution in [2.75, 3.05) is 19.0 Å². The van der Waals surface area contributed by atoms with Crippen LogP contribution < -0.4 is 15.4 Å². The van der Waals surface area contributed by atoms with Gasteiger partial charge in [-0.25, -0.2) is 0 Å². The monoisotopic (exact) mass is 326 g/mol. The lowest BCUT2D eigenvalue weighted by Crippen LogP contribution is -2.32.